The van der Waals surface area contributed by atoms with E-state index in [1.807, 2.05) is 0 Å². The fraction of sp³-hybridized carbons (Fsp3) is 0.543. The van der Waals surface area contributed by atoms with Crippen LogP contribution in [0.5, 0.6) is 0 Å². The zero-order valence-corrected chi connectivity index (χ0v) is 32.6. The molecule has 0 saturated heterocycles. The molecule has 7 atom stereocenters. The molecule has 328 valence electrons. The molecule has 7 amide bonds. The van der Waals surface area contributed by atoms with Gasteiger partial charge in [0.1, 0.15) is 36.3 Å². The molecule has 0 aliphatic carbocycles. The first kappa shape index (κ1) is 50.6. The molecule has 59 heavy (non-hydrogen) atoms. The number of aliphatic carboxylic acids is 2. The second kappa shape index (κ2) is 25.8. The highest BCUT2D eigenvalue weighted by atomic mass is 16.4. The van der Waals surface area contributed by atoms with Crippen molar-refractivity contribution in [1.82, 2.24) is 31.9 Å². The predicted octanol–water partition coefficient (Wildman–Crippen LogP) is -6.02. The van der Waals surface area contributed by atoms with Crippen molar-refractivity contribution in [2.45, 2.75) is 94.7 Å². The number of aliphatic imine (C=N–C) groups is 1. The van der Waals surface area contributed by atoms with Gasteiger partial charge >= 0.3 is 11.9 Å². The Morgan fingerprint density at radius 3 is 1.68 bits per heavy atom. The Bertz CT molecular complexity index is 1660. The number of carboxylic acids is 2. The third kappa shape index (κ3) is 19.1. The summed E-state index contributed by atoms with van der Waals surface area (Å²) in [4.78, 5) is 118. The van der Waals surface area contributed by atoms with Crippen molar-refractivity contribution in [3.8, 4) is 0 Å². The smallest absolute Gasteiger partial charge is 0.328 e. The van der Waals surface area contributed by atoms with Gasteiger partial charge in [0, 0.05) is 19.4 Å². The monoisotopic (exact) mass is 837 g/mol. The van der Waals surface area contributed by atoms with Crippen LogP contribution in [0.25, 0.3) is 0 Å². The van der Waals surface area contributed by atoms with Crippen molar-refractivity contribution in [3.63, 3.8) is 0 Å². The minimum absolute atomic E-state index is 0.0296. The molecule has 0 spiro atoms. The summed E-state index contributed by atoms with van der Waals surface area (Å²) in [6.07, 6.45) is -1.81. The molecule has 1 aromatic rings. The van der Waals surface area contributed by atoms with Gasteiger partial charge in [-0.2, -0.15) is 0 Å². The zero-order valence-electron chi connectivity index (χ0n) is 32.6. The third-order valence-electron chi connectivity index (χ3n) is 8.40. The number of carboxylic acid groups (broad SMARTS) is 2. The molecular weight excluding hydrogens is 782 g/mol. The molecule has 0 aliphatic heterocycles. The average Bonchev–Trinajstić information content (AvgIpc) is 3.16. The number of aliphatic hydroxyl groups is 2. The Morgan fingerprint density at radius 2 is 1.15 bits per heavy atom. The normalized spacial score (nSPS) is 14.4. The van der Waals surface area contributed by atoms with Crippen molar-refractivity contribution in [1.29, 1.82) is 0 Å². The number of carbonyl (C=O) groups excluding carboxylic acids is 7. The van der Waals surface area contributed by atoms with Crippen molar-refractivity contribution < 1.29 is 63.6 Å². The van der Waals surface area contributed by atoms with Crippen LogP contribution in [-0.2, 0) is 49.6 Å². The summed E-state index contributed by atoms with van der Waals surface area (Å²) in [5.74, 6) is -10.9. The van der Waals surface area contributed by atoms with Gasteiger partial charge in [-0.25, -0.2) is 4.79 Å². The fourth-order valence-electron chi connectivity index (χ4n) is 5.18. The van der Waals surface area contributed by atoms with Gasteiger partial charge in [-0.3, -0.25) is 43.3 Å². The van der Waals surface area contributed by atoms with E-state index < -0.39 is 128 Å². The van der Waals surface area contributed by atoms with Gasteiger partial charge in [-0.1, -0.05) is 44.2 Å². The van der Waals surface area contributed by atoms with E-state index in [2.05, 4.69) is 36.9 Å². The fourth-order valence-corrected chi connectivity index (χ4v) is 5.18. The summed E-state index contributed by atoms with van der Waals surface area (Å²) < 4.78 is 0. The van der Waals surface area contributed by atoms with Gasteiger partial charge < -0.3 is 75.3 Å². The third-order valence-corrected chi connectivity index (χ3v) is 8.40. The molecule has 18 N–H and O–H groups in total. The Balaban J connectivity index is 3.33. The molecule has 0 aliphatic rings. The van der Waals surface area contributed by atoms with Crippen LogP contribution in [0.2, 0.25) is 0 Å². The number of nitrogens with one attached hydrogen (secondary N) is 6. The Morgan fingerprint density at radius 1 is 0.644 bits per heavy atom. The number of nitrogens with zero attached hydrogens (tertiary/aromatic N) is 1. The number of hydrogen-bond donors (Lipinski definition) is 14. The SMILES string of the molecule is CC(C)[C@H](NC(=O)[C@@H](N)CCC(=O)O)C(=O)N[C@@H](CO)C(=O)N[C@@H](CC(N)=O)C(=O)N[C@@H](CCCN=C(N)N)C(=O)N[C@@H](Cc1ccccc1)C(=O)N[C@@H](CO)C(=O)O. The number of carbonyl (C=O) groups is 9. The second-order valence-electron chi connectivity index (χ2n) is 13.6. The molecule has 0 heterocycles. The highest BCUT2D eigenvalue weighted by Crippen LogP contribution is 2.09. The second-order valence-corrected chi connectivity index (χ2v) is 13.6. The summed E-state index contributed by atoms with van der Waals surface area (Å²) in [6.45, 7) is 1.04. The number of nitrogens with two attached hydrogens (primary N) is 4. The standard InChI is InChI=1S/C35H55N11O13/c1-17(2)27(46-28(52)19(36)10-11-26(50)51)33(57)44-23(15-47)32(56)43-22(14-25(37)49)31(55)41-20(9-6-12-40-35(38)39)29(53)42-21(13-18-7-4-3-5-8-18)30(54)45-24(16-48)34(58)59/h3-5,7-8,17,19-24,27,47-48H,6,9-16,36H2,1-2H3,(H2,37,49)(H,41,55)(H,42,53)(H,43,56)(H,44,57)(H,45,54)(H,46,52)(H,50,51)(H,58,59)(H4,38,39,40)/t19-,20-,21-,22-,23-,24-,27-/m0/s1. The number of hydrogen-bond acceptors (Lipinski definition) is 13. The highest BCUT2D eigenvalue weighted by Gasteiger charge is 2.34. The van der Waals surface area contributed by atoms with E-state index in [1.54, 1.807) is 30.3 Å². The summed E-state index contributed by atoms with van der Waals surface area (Å²) in [6, 6.07) is -2.64. The van der Waals surface area contributed by atoms with E-state index in [-0.39, 0.29) is 38.2 Å². The van der Waals surface area contributed by atoms with E-state index >= 15 is 0 Å². The van der Waals surface area contributed by atoms with Crippen molar-refractivity contribution in [3.05, 3.63) is 35.9 Å². The van der Waals surface area contributed by atoms with Crippen LogP contribution in [0.3, 0.4) is 0 Å². The molecule has 0 aromatic heterocycles. The maximum Gasteiger partial charge on any atom is 0.328 e. The largest absolute Gasteiger partial charge is 0.481 e. The molecule has 0 saturated carbocycles. The van der Waals surface area contributed by atoms with Gasteiger partial charge in [0.25, 0.3) is 0 Å². The molecule has 24 heteroatoms. The van der Waals surface area contributed by atoms with E-state index in [0.717, 1.165) is 0 Å². The van der Waals surface area contributed by atoms with Gasteiger partial charge in [-0.15, -0.1) is 0 Å². The van der Waals surface area contributed by atoms with E-state index in [9.17, 15) is 58.5 Å². The predicted molar refractivity (Wildman–Crippen MR) is 207 cm³/mol. The number of aliphatic hydroxyl groups excluding tert-OH is 2. The summed E-state index contributed by atoms with van der Waals surface area (Å²) >= 11 is 0. The average molecular weight is 838 g/mol. The van der Waals surface area contributed by atoms with E-state index in [0.29, 0.717) is 5.56 Å². The van der Waals surface area contributed by atoms with Crippen LogP contribution in [0.4, 0.5) is 0 Å². The van der Waals surface area contributed by atoms with Crippen LogP contribution in [0.1, 0.15) is 51.5 Å². The number of primary amides is 1. The van der Waals surface area contributed by atoms with Crippen LogP contribution >= 0.6 is 0 Å². The van der Waals surface area contributed by atoms with Gasteiger partial charge in [0.05, 0.1) is 25.7 Å². The molecule has 1 rings (SSSR count). The number of benzene rings is 1. The number of rotatable bonds is 27. The molecule has 0 bridgehead atoms. The van der Waals surface area contributed by atoms with Crippen LogP contribution in [-0.4, -0.2) is 142 Å². The lowest BCUT2D eigenvalue weighted by molar-refractivity contribution is -0.143. The van der Waals surface area contributed by atoms with Crippen molar-refractivity contribution in [2.75, 3.05) is 19.8 Å². The van der Waals surface area contributed by atoms with Crippen LogP contribution in [0, 0.1) is 5.92 Å². The Labute approximate surface area is 338 Å². The van der Waals surface area contributed by atoms with Crippen molar-refractivity contribution in [2.24, 2.45) is 33.8 Å². The maximum atomic E-state index is 13.8. The van der Waals surface area contributed by atoms with Gasteiger partial charge in [0.2, 0.25) is 41.4 Å². The summed E-state index contributed by atoms with van der Waals surface area (Å²) in [5.41, 5.74) is 22.4. The molecule has 24 nitrogen and oxygen atoms in total. The van der Waals surface area contributed by atoms with Crippen LogP contribution < -0.4 is 54.8 Å². The van der Waals surface area contributed by atoms with E-state index in [1.165, 1.54) is 13.8 Å². The number of amides is 7. The first-order chi connectivity index (χ1) is 27.7. The zero-order chi connectivity index (χ0) is 44.8. The summed E-state index contributed by atoms with van der Waals surface area (Å²) in [7, 11) is 0. The van der Waals surface area contributed by atoms with Crippen LogP contribution in [0.15, 0.2) is 35.3 Å². The molecular formula is C35H55N11O13. The first-order valence-corrected chi connectivity index (χ1v) is 18.3. The first-order valence-electron chi connectivity index (χ1n) is 18.3. The topological polar surface area (TPSA) is 423 Å². The quantitative estimate of drug-likeness (QED) is 0.0223. The Kier molecular flexibility index (Phi) is 22.1. The lowest BCUT2D eigenvalue weighted by atomic mass is 10.0. The van der Waals surface area contributed by atoms with Gasteiger partial charge in [0.15, 0.2) is 5.96 Å². The lowest BCUT2D eigenvalue weighted by Gasteiger charge is -2.27. The number of guanidine groups is 1. The molecule has 0 radical (unpaired) electrons. The minimum Gasteiger partial charge on any atom is -0.481 e. The van der Waals surface area contributed by atoms with E-state index in [4.69, 9.17) is 28.0 Å². The van der Waals surface area contributed by atoms with Crippen molar-refractivity contribution >= 4 is 59.2 Å². The molecule has 0 unspecified atom stereocenters. The highest BCUT2D eigenvalue weighted by molar-refractivity contribution is 5.98. The minimum atomic E-state index is -1.81. The maximum absolute atomic E-state index is 13.8. The molecule has 1 aromatic carbocycles. The van der Waals surface area contributed by atoms with Gasteiger partial charge in [-0.05, 0) is 30.7 Å². The lowest BCUT2D eigenvalue weighted by Crippen LogP contribution is -2.61. The summed E-state index contributed by atoms with van der Waals surface area (Å²) in [5, 5.41) is 51.5. The Hall–Kier alpha value is -6.40. The molecule has 0 fully saturated rings.